The van der Waals surface area contributed by atoms with E-state index in [-0.39, 0.29) is 17.5 Å². The molecule has 196 valence electrons. The molecular weight excluding hydrogens is 514 g/mol. The van der Waals surface area contributed by atoms with Crippen molar-refractivity contribution in [2.75, 3.05) is 12.3 Å². The number of nitrogens with two attached hydrogens (primary N) is 1. The fourth-order valence-electron chi connectivity index (χ4n) is 5.02. The summed E-state index contributed by atoms with van der Waals surface area (Å²) in [5, 5.41) is 15.5. The molecule has 4 aromatic rings. The van der Waals surface area contributed by atoms with Gasteiger partial charge in [0, 0.05) is 18.2 Å². The maximum atomic E-state index is 13.2. The van der Waals surface area contributed by atoms with Crippen molar-refractivity contribution in [2.24, 2.45) is 5.92 Å². The lowest BCUT2D eigenvalue weighted by Gasteiger charge is -2.24. The van der Waals surface area contributed by atoms with Crippen LogP contribution in [0.2, 0.25) is 5.02 Å². The summed E-state index contributed by atoms with van der Waals surface area (Å²) in [4.78, 5) is 23.7. The second-order valence-electron chi connectivity index (χ2n) is 9.87. The lowest BCUT2D eigenvalue weighted by atomic mass is 10.1. The first-order valence-electron chi connectivity index (χ1n) is 12.9. The first-order chi connectivity index (χ1) is 19.0. The van der Waals surface area contributed by atoms with Gasteiger partial charge in [0.2, 0.25) is 0 Å². The van der Waals surface area contributed by atoms with Crippen LogP contribution < -0.4 is 10.5 Å². The molecule has 39 heavy (non-hydrogen) atoms. The molecule has 0 bridgehead atoms. The molecule has 2 aromatic heterocycles. The minimum absolute atomic E-state index is 0.127. The quantitative estimate of drug-likeness (QED) is 0.247. The molecule has 2 N–H and O–H groups in total. The third kappa shape index (κ3) is 5.03. The molecule has 3 heterocycles. The molecule has 0 spiro atoms. The van der Waals surface area contributed by atoms with Crippen LogP contribution in [-0.4, -0.2) is 43.1 Å². The monoisotopic (exact) mass is 539 g/mol. The van der Waals surface area contributed by atoms with Crippen molar-refractivity contribution >= 4 is 34.4 Å². The van der Waals surface area contributed by atoms with Crippen molar-refractivity contribution in [3.8, 4) is 28.8 Å². The summed E-state index contributed by atoms with van der Waals surface area (Å²) in [6, 6.07) is 16.8. The lowest BCUT2D eigenvalue weighted by Crippen LogP contribution is -2.39. The molecule has 1 amide bonds. The summed E-state index contributed by atoms with van der Waals surface area (Å²) in [5.74, 6) is 1.72. The van der Waals surface area contributed by atoms with Crippen molar-refractivity contribution in [1.82, 2.24) is 24.6 Å². The van der Waals surface area contributed by atoms with E-state index in [1.807, 2.05) is 48.5 Å². The van der Waals surface area contributed by atoms with Gasteiger partial charge in [-0.2, -0.15) is 10.4 Å². The Hall–Kier alpha value is -4.42. The lowest BCUT2D eigenvalue weighted by molar-refractivity contribution is -0.127. The van der Waals surface area contributed by atoms with E-state index in [2.05, 4.69) is 16.0 Å². The van der Waals surface area contributed by atoms with Crippen LogP contribution in [0.25, 0.3) is 22.3 Å². The third-order valence-electron chi connectivity index (χ3n) is 7.13. The van der Waals surface area contributed by atoms with Crippen LogP contribution in [0.1, 0.15) is 25.7 Å². The molecule has 10 heteroatoms. The number of carbonyl (C=O) groups excluding carboxylic acids is 1. The van der Waals surface area contributed by atoms with Gasteiger partial charge >= 0.3 is 0 Å². The third-order valence-corrected chi connectivity index (χ3v) is 7.44. The van der Waals surface area contributed by atoms with Gasteiger partial charge in [0.15, 0.2) is 5.65 Å². The number of nitrogen functional groups attached to an aromatic ring is 1. The number of amides is 1. The second kappa shape index (κ2) is 10.4. The van der Waals surface area contributed by atoms with Crippen molar-refractivity contribution < 1.29 is 9.53 Å². The van der Waals surface area contributed by atoms with E-state index in [1.54, 1.807) is 15.6 Å². The fourth-order valence-corrected chi connectivity index (χ4v) is 5.28. The number of hydrogen-bond acceptors (Lipinski definition) is 7. The summed E-state index contributed by atoms with van der Waals surface area (Å²) in [5.41, 5.74) is 8.32. The van der Waals surface area contributed by atoms with Gasteiger partial charge in [-0.05, 0) is 55.9 Å². The number of hydrogen-bond donors (Lipinski definition) is 1. The Morgan fingerprint density at radius 1 is 1.15 bits per heavy atom. The molecule has 1 aliphatic heterocycles. The highest BCUT2D eigenvalue weighted by molar-refractivity contribution is 6.33. The topological polar surface area (TPSA) is 123 Å². The molecule has 2 aromatic carbocycles. The van der Waals surface area contributed by atoms with E-state index >= 15 is 0 Å². The van der Waals surface area contributed by atoms with E-state index in [1.165, 1.54) is 6.33 Å². The smallest absolute Gasteiger partial charge is 0.264 e. The summed E-state index contributed by atoms with van der Waals surface area (Å²) in [7, 11) is 0. The Morgan fingerprint density at radius 2 is 1.97 bits per heavy atom. The zero-order valence-corrected chi connectivity index (χ0v) is 21.9. The van der Waals surface area contributed by atoms with Crippen LogP contribution in [0, 0.1) is 17.2 Å². The number of benzene rings is 2. The Labute approximate surface area is 230 Å². The average Bonchev–Trinajstić information content (AvgIpc) is 3.52. The number of para-hydroxylation sites is 1. The van der Waals surface area contributed by atoms with Crippen LogP contribution in [0.3, 0.4) is 0 Å². The second-order valence-corrected chi connectivity index (χ2v) is 10.3. The number of anilines is 1. The van der Waals surface area contributed by atoms with Crippen LogP contribution in [0.15, 0.2) is 66.5 Å². The number of nitriles is 1. The van der Waals surface area contributed by atoms with Crippen LogP contribution >= 0.6 is 11.6 Å². The number of fused-ring (bicyclic) bond motifs is 1. The highest BCUT2D eigenvalue weighted by Crippen LogP contribution is 2.38. The van der Waals surface area contributed by atoms with E-state index in [9.17, 15) is 10.1 Å². The largest absolute Gasteiger partial charge is 0.457 e. The molecule has 1 saturated heterocycles. The Morgan fingerprint density at radius 3 is 2.72 bits per heavy atom. The fraction of sp³-hybridized carbons (Fsp3) is 0.276. The first kappa shape index (κ1) is 24.9. The van der Waals surface area contributed by atoms with Gasteiger partial charge in [-0.3, -0.25) is 4.79 Å². The number of ether oxygens (including phenoxy) is 1. The van der Waals surface area contributed by atoms with Crippen molar-refractivity contribution in [2.45, 2.75) is 38.3 Å². The van der Waals surface area contributed by atoms with E-state index in [0.717, 1.165) is 25.7 Å². The van der Waals surface area contributed by atoms with Gasteiger partial charge in [-0.15, -0.1) is 0 Å². The van der Waals surface area contributed by atoms with Gasteiger partial charge in [-0.25, -0.2) is 14.6 Å². The molecular formula is C29H26ClN7O2. The molecule has 6 rings (SSSR count). The molecule has 2 aliphatic rings. The SMILES string of the molecule is N#C/C(=C/C1CC1)C(=O)N1CCC[C@H]1Cn1nc(-c2ccc(Oc3ccccc3)cc2Cl)c2c(N)ncnc21. The number of nitrogens with zero attached hydrogens (tertiary/aromatic N) is 6. The van der Waals surface area contributed by atoms with Gasteiger partial charge in [0.05, 0.1) is 23.0 Å². The zero-order valence-electron chi connectivity index (χ0n) is 21.1. The highest BCUT2D eigenvalue weighted by Gasteiger charge is 2.33. The maximum absolute atomic E-state index is 13.2. The predicted octanol–water partition coefficient (Wildman–Crippen LogP) is 5.37. The van der Waals surface area contributed by atoms with Crippen LogP contribution in [0.5, 0.6) is 11.5 Å². The Bertz CT molecular complexity index is 1620. The number of aromatic nitrogens is 4. The Balaban J connectivity index is 1.32. The summed E-state index contributed by atoms with van der Waals surface area (Å²) in [6.07, 6.45) is 6.95. The molecule has 9 nitrogen and oxygen atoms in total. The van der Waals surface area contributed by atoms with E-state index < -0.39 is 0 Å². The number of allylic oxidation sites excluding steroid dienone is 1. The summed E-state index contributed by atoms with van der Waals surface area (Å²) >= 11 is 6.72. The zero-order chi connectivity index (χ0) is 26.9. The van der Waals surface area contributed by atoms with Gasteiger partial charge in [0.1, 0.15) is 41.0 Å². The molecule has 0 unspecified atom stereocenters. The summed E-state index contributed by atoms with van der Waals surface area (Å²) in [6.45, 7) is 1.01. The molecule has 1 saturated carbocycles. The first-order valence-corrected chi connectivity index (χ1v) is 13.3. The highest BCUT2D eigenvalue weighted by atomic mass is 35.5. The van der Waals surface area contributed by atoms with Crippen molar-refractivity contribution in [3.05, 3.63) is 71.5 Å². The van der Waals surface area contributed by atoms with Crippen LogP contribution in [-0.2, 0) is 11.3 Å². The number of carbonyl (C=O) groups is 1. The molecule has 0 radical (unpaired) electrons. The van der Waals surface area contributed by atoms with E-state index in [4.69, 9.17) is 27.2 Å². The average molecular weight is 540 g/mol. The molecule has 1 aliphatic carbocycles. The van der Waals surface area contributed by atoms with Gasteiger partial charge in [-0.1, -0.05) is 35.9 Å². The Kier molecular flexibility index (Phi) is 6.63. The van der Waals surface area contributed by atoms with Gasteiger partial charge in [0.25, 0.3) is 5.91 Å². The van der Waals surface area contributed by atoms with E-state index in [0.29, 0.717) is 63.6 Å². The van der Waals surface area contributed by atoms with Crippen molar-refractivity contribution in [3.63, 3.8) is 0 Å². The number of likely N-dealkylation sites (tertiary alicyclic amines) is 1. The normalized spacial score (nSPS) is 17.4. The predicted molar refractivity (Wildman–Crippen MR) is 148 cm³/mol. The number of halogens is 1. The standard InChI is InChI=1S/C29H26ClN7O2/c30-24-14-22(39-21-6-2-1-3-7-21)10-11-23(24)26-25-27(32)33-17-34-28(25)37(35-26)16-20-5-4-12-36(20)29(38)19(15-31)13-18-8-9-18/h1-3,6-7,10-11,13-14,17-18,20H,4-5,8-9,12,16H2,(H2,32,33,34)/b19-13-/t20-/m0/s1. The minimum atomic E-state index is -0.213. The molecule has 1 atom stereocenters. The minimum Gasteiger partial charge on any atom is -0.457 e. The van der Waals surface area contributed by atoms with Crippen LogP contribution in [0.4, 0.5) is 5.82 Å². The summed E-state index contributed by atoms with van der Waals surface area (Å²) < 4.78 is 7.69. The maximum Gasteiger partial charge on any atom is 0.264 e. The molecule has 2 fully saturated rings. The van der Waals surface area contributed by atoms with Gasteiger partial charge < -0.3 is 15.4 Å². The van der Waals surface area contributed by atoms with Crippen molar-refractivity contribution in [1.29, 1.82) is 5.26 Å². The number of rotatable bonds is 7.